The summed E-state index contributed by atoms with van der Waals surface area (Å²) in [5.41, 5.74) is 0. The van der Waals surface area contributed by atoms with Crippen LogP contribution >= 0.6 is 42.5 Å². The first-order valence-electron chi connectivity index (χ1n) is 4.96. The van der Waals surface area contributed by atoms with Gasteiger partial charge in [-0.3, -0.25) is 4.79 Å². The monoisotopic (exact) mass is 444 g/mol. The SMILES string of the molecule is N#CCNC(=O)COc1c(Br)cc(S(=O)(=O)Cl)cc1Br. The zero-order valence-electron chi connectivity index (χ0n) is 9.69. The van der Waals surface area contributed by atoms with Crippen molar-refractivity contribution in [3.05, 3.63) is 21.1 Å². The number of hydrogen-bond acceptors (Lipinski definition) is 5. The number of nitriles is 1. The van der Waals surface area contributed by atoms with Crippen LogP contribution in [0, 0.1) is 11.3 Å². The Labute approximate surface area is 136 Å². The van der Waals surface area contributed by atoms with E-state index < -0.39 is 15.0 Å². The molecule has 108 valence electrons. The molecule has 0 atom stereocenters. The summed E-state index contributed by atoms with van der Waals surface area (Å²) in [5.74, 6) is -0.222. The third-order valence-corrected chi connectivity index (χ3v) is 4.48. The van der Waals surface area contributed by atoms with Gasteiger partial charge in [-0.15, -0.1) is 0 Å². The minimum Gasteiger partial charge on any atom is -0.481 e. The zero-order valence-corrected chi connectivity index (χ0v) is 14.4. The van der Waals surface area contributed by atoms with Gasteiger partial charge < -0.3 is 10.1 Å². The number of amides is 1. The average molecular weight is 447 g/mol. The Bertz CT molecular complexity index is 649. The van der Waals surface area contributed by atoms with Gasteiger partial charge in [-0.2, -0.15) is 5.26 Å². The van der Waals surface area contributed by atoms with Crippen molar-refractivity contribution in [2.24, 2.45) is 0 Å². The van der Waals surface area contributed by atoms with E-state index in [0.29, 0.717) is 8.95 Å². The number of halogens is 3. The van der Waals surface area contributed by atoms with Crippen LogP contribution in [0.1, 0.15) is 0 Å². The van der Waals surface area contributed by atoms with Gasteiger partial charge >= 0.3 is 0 Å². The molecule has 0 bridgehead atoms. The van der Waals surface area contributed by atoms with Crippen molar-refractivity contribution in [1.29, 1.82) is 5.26 Å². The number of carbonyl (C=O) groups excluding carboxylic acids is 1. The molecule has 0 fully saturated rings. The quantitative estimate of drug-likeness (QED) is 0.552. The van der Waals surface area contributed by atoms with Crippen molar-refractivity contribution in [3.8, 4) is 11.8 Å². The summed E-state index contributed by atoms with van der Waals surface area (Å²) in [4.78, 5) is 11.2. The first-order valence-corrected chi connectivity index (χ1v) is 8.85. The normalized spacial score (nSPS) is 10.7. The van der Waals surface area contributed by atoms with E-state index in [1.165, 1.54) is 12.1 Å². The molecular formula is C10H7Br2ClN2O4S. The van der Waals surface area contributed by atoms with Crippen LogP contribution in [0.4, 0.5) is 0 Å². The molecule has 0 aromatic heterocycles. The van der Waals surface area contributed by atoms with Crippen LogP contribution in [-0.2, 0) is 13.8 Å². The van der Waals surface area contributed by atoms with Crippen LogP contribution in [0.2, 0.25) is 0 Å². The van der Waals surface area contributed by atoms with E-state index in [1.807, 2.05) is 0 Å². The lowest BCUT2D eigenvalue weighted by Crippen LogP contribution is -2.29. The second-order valence-electron chi connectivity index (χ2n) is 3.38. The Balaban J connectivity index is 2.88. The fourth-order valence-electron chi connectivity index (χ4n) is 1.14. The lowest BCUT2D eigenvalue weighted by atomic mass is 10.3. The first-order chi connectivity index (χ1) is 9.25. The first kappa shape index (κ1) is 17.2. The summed E-state index contributed by atoms with van der Waals surface area (Å²) in [7, 11) is 1.37. The summed E-state index contributed by atoms with van der Waals surface area (Å²) in [6, 6.07) is 4.28. The standard InChI is InChI=1S/C10H7Br2ClN2O4S/c11-7-3-6(20(13,17)18)4-8(12)10(7)19-5-9(16)15-2-1-14/h3-4H,2,5H2,(H,15,16). The van der Waals surface area contributed by atoms with Crippen LogP contribution < -0.4 is 10.1 Å². The van der Waals surface area contributed by atoms with Gasteiger partial charge in [0.2, 0.25) is 0 Å². The molecule has 0 radical (unpaired) electrons. The smallest absolute Gasteiger partial charge is 0.261 e. The van der Waals surface area contributed by atoms with E-state index in [0.717, 1.165) is 0 Å². The summed E-state index contributed by atoms with van der Waals surface area (Å²) in [5, 5.41) is 10.6. The minimum absolute atomic E-state index is 0.112. The summed E-state index contributed by atoms with van der Waals surface area (Å²) < 4.78 is 28.3. The van der Waals surface area contributed by atoms with E-state index in [9.17, 15) is 13.2 Å². The molecule has 0 aliphatic rings. The number of hydrogen-bond donors (Lipinski definition) is 1. The predicted octanol–water partition coefficient (Wildman–Crippen LogP) is 2.16. The number of nitrogens with one attached hydrogen (secondary N) is 1. The average Bonchev–Trinajstić information content (AvgIpc) is 2.34. The van der Waals surface area contributed by atoms with Crippen molar-refractivity contribution in [2.75, 3.05) is 13.2 Å². The molecule has 1 aromatic rings. The van der Waals surface area contributed by atoms with Gasteiger partial charge in [0.15, 0.2) is 6.61 Å². The molecule has 0 unspecified atom stereocenters. The van der Waals surface area contributed by atoms with E-state index in [1.54, 1.807) is 6.07 Å². The van der Waals surface area contributed by atoms with Crippen LogP contribution in [0.15, 0.2) is 26.0 Å². The number of ether oxygens (including phenoxy) is 1. The highest BCUT2D eigenvalue weighted by Gasteiger charge is 2.17. The van der Waals surface area contributed by atoms with Crippen LogP contribution in [0.3, 0.4) is 0 Å². The molecule has 20 heavy (non-hydrogen) atoms. The van der Waals surface area contributed by atoms with Crippen LogP contribution in [0.25, 0.3) is 0 Å². The zero-order chi connectivity index (χ0) is 15.3. The molecule has 1 rings (SSSR count). The molecule has 0 spiro atoms. The number of benzene rings is 1. The topological polar surface area (TPSA) is 96.3 Å². The fraction of sp³-hybridized carbons (Fsp3) is 0.200. The highest BCUT2D eigenvalue weighted by Crippen LogP contribution is 2.36. The number of rotatable bonds is 5. The maximum atomic E-state index is 11.3. The highest BCUT2D eigenvalue weighted by molar-refractivity contribution is 9.11. The third-order valence-electron chi connectivity index (χ3n) is 1.97. The van der Waals surface area contributed by atoms with Crippen LogP contribution in [0.5, 0.6) is 5.75 Å². The van der Waals surface area contributed by atoms with E-state index in [4.69, 9.17) is 20.7 Å². The fourth-order valence-corrected chi connectivity index (χ4v) is 3.65. The Morgan fingerprint density at radius 1 is 1.40 bits per heavy atom. The van der Waals surface area contributed by atoms with E-state index in [2.05, 4.69) is 37.2 Å². The molecular weight excluding hydrogens is 439 g/mol. The molecule has 10 heteroatoms. The van der Waals surface area contributed by atoms with Gasteiger partial charge in [0.1, 0.15) is 12.3 Å². The molecule has 1 amide bonds. The molecule has 0 saturated carbocycles. The number of carbonyl (C=O) groups is 1. The van der Waals surface area contributed by atoms with E-state index in [-0.39, 0.29) is 23.8 Å². The maximum Gasteiger partial charge on any atom is 0.261 e. The highest BCUT2D eigenvalue weighted by atomic mass is 79.9. The molecule has 0 aliphatic carbocycles. The van der Waals surface area contributed by atoms with Gasteiger partial charge in [0, 0.05) is 10.7 Å². The summed E-state index contributed by atoms with van der Waals surface area (Å²) in [6.45, 7) is -0.431. The third kappa shape index (κ3) is 4.94. The van der Waals surface area contributed by atoms with E-state index >= 15 is 0 Å². The van der Waals surface area contributed by atoms with Crippen molar-refractivity contribution in [1.82, 2.24) is 5.32 Å². The molecule has 0 saturated heterocycles. The molecule has 0 aliphatic heterocycles. The van der Waals surface area contributed by atoms with Crippen LogP contribution in [-0.4, -0.2) is 27.5 Å². The molecule has 1 N–H and O–H groups in total. The van der Waals surface area contributed by atoms with Crippen molar-refractivity contribution in [3.63, 3.8) is 0 Å². The molecule has 1 aromatic carbocycles. The summed E-state index contributed by atoms with van der Waals surface area (Å²) in [6.07, 6.45) is 0. The van der Waals surface area contributed by atoms with Crippen molar-refractivity contribution in [2.45, 2.75) is 4.90 Å². The lowest BCUT2D eigenvalue weighted by molar-refractivity contribution is -0.122. The Morgan fingerprint density at radius 2 is 1.95 bits per heavy atom. The van der Waals surface area contributed by atoms with Crippen molar-refractivity contribution >= 4 is 57.5 Å². The molecule has 6 nitrogen and oxygen atoms in total. The Morgan fingerprint density at radius 3 is 2.40 bits per heavy atom. The van der Waals surface area contributed by atoms with Gasteiger partial charge in [0.05, 0.1) is 19.9 Å². The van der Waals surface area contributed by atoms with Gasteiger partial charge in [0.25, 0.3) is 15.0 Å². The predicted molar refractivity (Wildman–Crippen MR) is 79.0 cm³/mol. The second-order valence-corrected chi connectivity index (χ2v) is 7.65. The number of nitrogens with zero attached hydrogens (tertiary/aromatic N) is 1. The second kappa shape index (κ2) is 7.26. The summed E-state index contributed by atoms with van der Waals surface area (Å²) >= 11 is 6.26. The Hall–Kier alpha value is -0.820. The largest absolute Gasteiger partial charge is 0.481 e. The lowest BCUT2D eigenvalue weighted by Gasteiger charge is -2.11. The Kier molecular flexibility index (Phi) is 6.26. The van der Waals surface area contributed by atoms with Gasteiger partial charge in [-0.1, -0.05) is 0 Å². The van der Waals surface area contributed by atoms with Gasteiger partial charge in [-0.05, 0) is 44.0 Å². The maximum absolute atomic E-state index is 11.3. The minimum atomic E-state index is -3.87. The van der Waals surface area contributed by atoms with Gasteiger partial charge in [-0.25, -0.2) is 8.42 Å². The molecule has 0 heterocycles. The van der Waals surface area contributed by atoms with Crippen molar-refractivity contribution < 1.29 is 17.9 Å².